The number of rotatable bonds is 7. The standard InChI is InChI=1S/C18H30N2/c1-4-12-19-18(16-10-8-15(3)9-11-16)14-20-13-6-7-17(20)5-2/h8-11,17-19H,4-7,12-14H2,1-3H3. The van der Waals surface area contributed by atoms with Gasteiger partial charge in [-0.25, -0.2) is 0 Å². The smallest absolute Gasteiger partial charge is 0.0449 e. The van der Waals surface area contributed by atoms with Crippen molar-refractivity contribution in [3.05, 3.63) is 35.4 Å². The molecule has 2 heteroatoms. The molecule has 1 fully saturated rings. The molecule has 1 aromatic carbocycles. The number of aryl methyl sites for hydroxylation is 1. The molecular weight excluding hydrogens is 244 g/mol. The Morgan fingerprint density at radius 2 is 2.00 bits per heavy atom. The minimum atomic E-state index is 0.475. The van der Waals surface area contributed by atoms with Crippen LogP contribution in [0.15, 0.2) is 24.3 Å². The van der Waals surface area contributed by atoms with E-state index >= 15 is 0 Å². The van der Waals surface area contributed by atoms with E-state index in [4.69, 9.17) is 0 Å². The Labute approximate surface area is 124 Å². The van der Waals surface area contributed by atoms with Gasteiger partial charge in [-0.3, -0.25) is 4.90 Å². The van der Waals surface area contributed by atoms with Crippen molar-refractivity contribution < 1.29 is 0 Å². The molecule has 1 aliphatic rings. The average molecular weight is 274 g/mol. The van der Waals surface area contributed by atoms with Crippen molar-refractivity contribution in [3.63, 3.8) is 0 Å². The summed E-state index contributed by atoms with van der Waals surface area (Å²) in [5.41, 5.74) is 2.78. The normalized spacial score (nSPS) is 21.2. The molecule has 0 spiro atoms. The molecule has 0 amide bonds. The van der Waals surface area contributed by atoms with Crippen LogP contribution < -0.4 is 5.32 Å². The molecular formula is C18H30N2. The van der Waals surface area contributed by atoms with Crippen LogP contribution in [0.5, 0.6) is 0 Å². The largest absolute Gasteiger partial charge is 0.309 e. The highest BCUT2D eigenvalue weighted by Gasteiger charge is 2.25. The fraction of sp³-hybridized carbons (Fsp3) is 0.667. The highest BCUT2D eigenvalue weighted by molar-refractivity contribution is 5.24. The van der Waals surface area contributed by atoms with Crippen molar-refractivity contribution in [3.8, 4) is 0 Å². The van der Waals surface area contributed by atoms with Gasteiger partial charge in [-0.2, -0.15) is 0 Å². The summed E-state index contributed by atoms with van der Waals surface area (Å²) >= 11 is 0. The van der Waals surface area contributed by atoms with E-state index in [0.717, 1.165) is 19.1 Å². The molecule has 2 rings (SSSR count). The molecule has 0 radical (unpaired) electrons. The summed E-state index contributed by atoms with van der Waals surface area (Å²) in [6.07, 6.45) is 5.23. The second-order valence-electron chi connectivity index (χ2n) is 6.12. The first-order chi connectivity index (χ1) is 9.74. The average Bonchev–Trinajstić information content (AvgIpc) is 2.91. The third-order valence-corrected chi connectivity index (χ3v) is 4.51. The monoisotopic (exact) mass is 274 g/mol. The molecule has 2 unspecified atom stereocenters. The zero-order valence-corrected chi connectivity index (χ0v) is 13.4. The SMILES string of the molecule is CCCNC(CN1CCCC1CC)c1ccc(C)cc1. The van der Waals surface area contributed by atoms with Gasteiger partial charge in [0.25, 0.3) is 0 Å². The number of benzene rings is 1. The number of hydrogen-bond acceptors (Lipinski definition) is 2. The van der Waals surface area contributed by atoms with Gasteiger partial charge < -0.3 is 5.32 Å². The maximum Gasteiger partial charge on any atom is 0.0449 e. The van der Waals surface area contributed by atoms with E-state index in [0.29, 0.717) is 6.04 Å². The van der Waals surface area contributed by atoms with Crippen LogP contribution >= 0.6 is 0 Å². The van der Waals surface area contributed by atoms with Crippen LogP contribution in [0.1, 0.15) is 56.7 Å². The Morgan fingerprint density at radius 1 is 1.25 bits per heavy atom. The molecule has 0 saturated carbocycles. The zero-order chi connectivity index (χ0) is 14.4. The molecule has 0 aromatic heterocycles. The molecule has 1 aromatic rings. The van der Waals surface area contributed by atoms with Crippen molar-refractivity contribution in [1.29, 1.82) is 0 Å². The van der Waals surface area contributed by atoms with Crippen LogP contribution in [0, 0.1) is 6.92 Å². The van der Waals surface area contributed by atoms with E-state index < -0.39 is 0 Å². The lowest BCUT2D eigenvalue weighted by Crippen LogP contribution is -2.38. The second kappa shape index (κ2) is 7.80. The molecule has 112 valence electrons. The molecule has 1 heterocycles. The summed E-state index contributed by atoms with van der Waals surface area (Å²) in [6, 6.07) is 10.3. The maximum atomic E-state index is 3.74. The van der Waals surface area contributed by atoms with Crippen molar-refractivity contribution in [2.75, 3.05) is 19.6 Å². The highest BCUT2D eigenvalue weighted by atomic mass is 15.2. The Balaban J connectivity index is 2.04. The number of nitrogens with zero attached hydrogens (tertiary/aromatic N) is 1. The minimum absolute atomic E-state index is 0.475. The second-order valence-corrected chi connectivity index (χ2v) is 6.12. The first kappa shape index (κ1) is 15.5. The van der Waals surface area contributed by atoms with Gasteiger partial charge in [-0.05, 0) is 51.3 Å². The van der Waals surface area contributed by atoms with Gasteiger partial charge in [0.05, 0.1) is 0 Å². The zero-order valence-electron chi connectivity index (χ0n) is 13.4. The number of likely N-dealkylation sites (tertiary alicyclic amines) is 1. The summed E-state index contributed by atoms with van der Waals surface area (Å²) in [7, 11) is 0. The quantitative estimate of drug-likeness (QED) is 0.811. The third-order valence-electron chi connectivity index (χ3n) is 4.51. The first-order valence-electron chi connectivity index (χ1n) is 8.28. The fourth-order valence-corrected chi connectivity index (χ4v) is 3.24. The van der Waals surface area contributed by atoms with Gasteiger partial charge in [0.2, 0.25) is 0 Å². The van der Waals surface area contributed by atoms with E-state index in [-0.39, 0.29) is 0 Å². The fourth-order valence-electron chi connectivity index (χ4n) is 3.24. The van der Waals surface area contributed by atoms with E-state index in [1.165, 1.54) is 43.4 Å². The molecule has 1 N–H and O–H groups in total. The molecule has 0 bridgehead atoms. The van der Waals surface area contributed by atoms with E-state index in [1.54, 1.807) is 0 Å². The summed E-state index contributed by atoms with van der Waals surface area (Å²) < 4.78 is 0. The number of hydrogen-bond donors (Lipinski definition) is 1. The third kappa shape index (κ3) is 4.07. The summed E-state index contributed by atoms with van der Waals surface area (Å²) in [5.74, 6) is 0. The lowest BCUT2D eigenvalue weighted by Gasteiger charge is -2.29. The molecule has 1 aliphatic heterocycles. The molecule has 2 nitrogen and oxygen atoms in total. The van der Waals surface area contributed by atoms with E-state index in [2.05, 4.69) is 55.3 Å². The Bertz CT molecular complexity index is 385. The van der Waals surface area contributed by atoms with E-state index in [1.807, 2.05) is 0 Å². The van der Waals surface area contributed by atoms with Crippen molar-refractivity contribution >= 4 is 0 Å². The van der Waals surface area contributed by atoms with Crippen molar-refractivity contribution in [2.24, 2.45) is 0 Å². The summed E-state index contributed by atoms with van der Waals surface area (Å²) in [6.45, 7) is 10.2. The highest BCUT2D eigenvalue weighted by Crippen LogP contribution is 2.24. The summed E-state index contributed by atoms with van der Waals surface area (Å²) in [5, 5.41) is 3.74. The van der Waals surface area contributed by atoms with Crippen LogP contribution in [0.3, 0.4) is 0 Å². The minimum Gasteiger partial charge on any atom is -0.309 e. The van der Waals surface area contributed by atoms with Gasteiger partial charge in [-0.1, -0.05) is 43.7 Å². The lowest BCUT2D eigenvalue weighted by molar-refractivity contribution is 0.221. The van der Waals surface area contributed by atoms with Crippen LogP contribution in [-0.2, 0) is 0 Å². The van der Waals surface area contributed by atoms with Crippen LogP contribution in [0.2, 0.25) is 0 Å². The van der Waals surface area contributed by atoms with Gasteiger partial charge in [0.1, 0.15) is 0 Å². The van der Waals surface area contributed by atoms with Gasteiger partial charge >= 0.3 is 0 Å². The van der Waals surface area contributed by atoms with Crippen LogP contribution in [0.25, 0.3) is 0 Å². The van der Waals surface area contributed by atoms with Crippen molar-refractivity contribution in [1.82, 2.24) is 10.2 Å². The topological polar surface area (TPSA) is 15.3 Å². The number of nitrogens with one attached hydrogen (secondary N) is 1. The summed E-state index contributed by atoms with van der Waals surface area (Å²) in [4.78, 5) is 2.69. The predicted octanol–water partition coefficient (Wildman–Crippen LogP) is 3.91. The molecule has 1 saturated heterocycles. The molecule has 0 aliphatic carbocycles. The van der Waals surface area contributed by atoms with Gasteiger partial charge in [0, 0.05) is 18.6 Å². The van der Waals surface area contributed by atoms with Crippen LogP contribution in [-0.4, -0.2) is 30.6 Å². The Kier molecular flexibility index (Phi) is 6.06. The molecule has 20 heavy (non-hydrogen) atoms. The Hall–Kier alpha value is -0.860. The van der Waals surface area contributed by atoms with E-state index in [9.17, 15) is 0 Å². The van der Waals surface area contributed by atoms with Crippen molar-refractivity contribution in [2.45, 2.75) is 58.5 Å². The predicted molar refractivity (Wildman–Crippen MR) is 87.1 cm³/mol. The van der Waals surface area contributed by atoms with Crippen LogP contribution in [0.4, 0.5) is 0 Å². The lowest BCUT2D eigenvalue weighted by atomic mass is 10.0. The van der Waals surface area contributed by atoms with Gasteiger partial charge in [-0.15, -0.1) is 0 Å². The first-order valence-corrected chi connectivity index (χ1v) is 8.28. The Morgan fingerprint density at radius 3 is 2.65 bits per heavy atom. The van der Waals surface area contributed by atoms with Gasteiger partial charge in [0.15, 0.2) is 0 Å². The molecule has 2 atom stereocenters. The maximum absolute atomic E-state index is 3.74.